The van der Waals surface area contributed by atoms with E-state index < -0.39 is 0 Å². The van der Waals surface area contributed by atoms with Gasteiger partial charge in [0, 0.05) is 22.7 Å². The number of hydrogen-bond donors (Lipinski definition) is 0. The number of anilines is 1. The van der Waals surface area contributed by atoms with E-state index in [4.69, 9.17) is 4.74 Å². The number of fused-ring (bicyclic) bond motifs is 1. The first kappa shape index (κ1) is 15.0. The van der Waals surface area contributed by atoms with Crippen LogP contribution in [0.4, 0.5) is 5.69 Å². The van der Waals surface area contributed by atoms with Crippen LogP contribution < -0.4 is 9.64 Å². The lowest BCUT2D eigenvalue weighted by molar-refractivity contribution is 0.0985. The normalized spacial score (nSPS) is 13.6. The predicted octanol–water partition coefficient (Wildman–Crippen LogP) is 4.01. The van der Waals surface area contributed by atoms with Gasteiger partial charge in [-0.1, -0.05) is 0 Å². The second kappa shape index (κ2) is 6.44. The highest BCUT2D eigenvalue weighted by Crippen LogP contribution is 2.31. The summed E-state index contributed by atoms with van der Waals surface area (Å²) in [6.45, 7) is 0.766. The van der Waals surface area contributed by atoms with Gasteiger partial charge in [-0.2, -0.15) is 0 Å². The number of ether oxygens (including phenoxy) is 1. The lowest BCUT2D eigenvalue weighted by Gasteiger charge is -2.30. The van der Waals surface area contributed by atoms with Crippen molar-refractivity contribution < 1.29 is 9.53 Å². The first-order valence-electron chi connectivity index (χ1n) is 7.36. The Morgan fingerprint density at radius 1 is 1.18 bits per heavy atom. The van der Waals surface area contributed by atoms with E-state index >= 15 is 0 Å². The summed E-state index contributed by atoms with van der Waals surface area (Å²) in [5.41, 5.74) is 2.92. The molecule has 2 aromatic carbocycles. The van der Waals surface area contributed by atoms with Crippen molar-refractivity contribution in [3.8, 4) is 5.75 Å². The molecule has 0 N–H and O–H groups in total. The van der Waals surface area contributed by atoms with E-state index in [1.54, 1.807) is 18.9 Å². The molecule has 0 saturated carbocycles. The van der Waals surface area contributed by atoms with Gasteiger partial charge < -0.3 is 9.64 Å². The fourth-order valence-corrected chi connectivity index (χ4v) is 3.21. The summed E-state index contributed by atoms with van der Waals surface area (Å²) in [6, 6.07) is 13.7. The summed E-state index contributed by atoms with van der Waals surface area (Å²) < 4.78 is 5.28. The third-order valence-corrected chi connectivity index (χ3v) is 4.73. The zero-order valence-corrected chi connectivity index (χ0v) is 13.7. The molecule has 4 heteroatoms. The topological polar surface area (TPSA) is 29.5 Å². The number of hydrogen-bond acceptors (Lipinski definition) is 3. The van der Waals surface area contributed by atoms with Crippen LogP contribution in [0.15, 0.2) is 47.4 Å². The van der Waals surface area contributed by atoms with E-state index in [0.717, 1.165) is 36.4 Å². The molecule has 1 heterocycles. The van der Waals surface area contributed by atoms with Gasteiger partial charge in [-0.25, -0.2) is 0 Å². The molecule has 114 valence electrons. The monoisotopic (exact) mass is 313 g/mol. The van der Waals surface area contributed by atoms with E-state index in [-0.39, 0.29) is 5.91 Å². The van der Waals surface area contributed by atoms with Crippen LogP contribution in [-0.4, -0.2) is 25.8 Å². The molecule has 0 fully saturated rings. The molecule has 1 aliphatic rings. The highest BCUT2D eigenvalue weighted by atomic mass is 32.2. The highest BCUT2D eigenvalue weighted by molar-refractivity contribution is 7.98. The molecular formula is C18H19NO2S. The Bertz CT molecular complexity index is 682. The predicted molar refractivity (Wildman–Crippen MR) is 91.2 cm³/mol. The van der Waals surface area contributed by atoms with Gasteiger partial charge in [-0.05, 0) is 67.1 Å². The Kier molecular flexibility index (Phi) is 4.39. The minimum absolute atomic E-state index is 0.0683. The number of rotatable bonds is 3. The van der Waals surface area contributed by atoms with E-state index in [9.17, 15) is 4.79 Å². The van der Waals surface area contributed by atoms with E-state index in [2.05, 4.69) is 0 Å². The first-order chi connectivity index (χ1) is 10.7. The van der Waals surface area contributed by atoms with Crippen molar-refractivity contribution in [2.24, 2.45) is 0 Å². The average molecular weight is 313 g/mol. The van der Waals surface area contributed by atoms with Crippen LogP contribution >= 0.6 is 11.8 Å². The summed E-state index contributed by atoms with van der Waals surface area (Å²) in [7, 11) is 1.67. The maximum absolute atomic E-state index is 12.8. The Labute approximate surface area is 135 Å². The van der Waals surface area contributed by atoms with Crippen molar-refractivity contribution >= 4 is 23.4 Å². The quantitative estimate of drug-likeness (QED) is 0.802. The zero-order chi connectivity index (χ0) is 15.5. The second-order valence-electron chi connectivity index (χ2n) is 5.28. The van der Waals surface area contributed by atoms with Crippen LogP contribution in [0.5, 0.6) is 5.75 Å². The largest absolute Gasteiger partial charge is 0.497 e. The zero-order valence-electron chi connectivity index (χ0n) is 12.8. The summed E-state index contributed by atoms with van der Waals surface area (Å²) in [4.78, 5) is 15.9. The van der Waals surface area contributed by atoms with Gasteiger partial charge >= 0.3 is 0 Å². The summed E-state index contributed by atoms with van der Waals surface area (Å²) in [5.74, 6) is 0.913. The van der Waals surface area contributed by atoms with Crippen molar-refractivity contribution in [1.29, 1.82) is 0 Å². The van der Waals surface area contributed by atoms with Crippen molar-refractivity contribution in [1.82, 2.24) is 0 Å². The highest BCUT2D eigenvalue weighted by Gasteiger charge is 2.23. The molecule has 2 aromatic rings. The Hall–Kier alpha value is -1.94. The van der Waals surface area contributed by atoms with E-state index in [1.807, 2.05) is 53.6 Å². The van der Waals surface area contributed by atoms with Crippen LogP contribution in [0.2, 0.25) is 0 Å². The first-order valence-corrected chi connectivity index (χ1v) is 8.58. The van der Waals surface area contributed by atoms with Crippen molar-refractivity contribution in [3.05, 3.63) is 53.6 Å². The van der Waals surface area contributed by atoms with Gasteiger partial charge in [0.05, 0.1) is 7.11 Å². The van der Waals surface area contributed by atoms with Crippen molar-refractivity contribution in [3.63, 3.8) is 0 Å². The number of benzene rings is 2. The second-order valence-corrected chi connectivity index (χ2v) is 6.16. The van der Waals surface area contributed by atoms with Crippen LogP contribution in [-0.2, 0) is 6.42 Å². The van der Waals surface area contributed by atoms with Gasteiger partial charge in [-0.3, -0.25) is 4.79 Å². The van der Waals surface area contributed by atoms with Gasteiger partial charge in [0.25, 0.3) is 5.91 Å². The molecule has 0 aliphatic carbocycles. The third-order valence-electron chi connectivity index (χ3n) is 3.99. The lowest BCUT2D eigenvalue weighted by atomic mass is 10.0. The molecule has 0 radical (unpaired) electrons. The number of methoxy groups -OCH3 is 1. The van der Waals surface area contributed by atoms with Crippen molar-refractivity contribution in [2.45, 2.75) is 17.7 Å². The molecule has 22 heavy (non-hydrogen) atoms. The fourth-order valence-electron chi connectivity index (χ4n) is 2.80. The van der Waals surface area contributed by atoms with Crippen molar-refractivity contribution in [2.75, 3.05) is 24.8 Å². The number of carbonyl (C=O) groups excluding carboxylic acids is 1. The number of carbonyl (C=O) groups is 1. The molecule has 3 rings (SSSR count). The summed E-state index contributed by atoms with van der Waals surface area (Å²) in [5, 5.41) is 0. The molecule has 1 aliphatic heterocycles. The number of aryl methyl sites for hydroxylation is 1. The fraction of sp³-hybridized carbons (Fsp3) is 0.278. The number of amides is 1. The minimum Gasteiger partial charge on any atom is -0.497 e. The van der Waals surface area contributed by atoms with Gasteiger partial charge in [0.1, 0.15) is 5.75 Å². The van der Waals surface area contributed by atoms with Gasteiger partial charge in [0.15, 0.2) is 0 Å². The molecule has 0 bridgehead atoms. The summed E-state index contributed by atoms with van der Waals surface area (Å²) in [6.07, 6.45) is 4.00. The van der Waals surface area contributed by atoms with Gasteiger partial charge in [0.2, 0.25) is 0 Å². The molecule has 0 aromatic heterocycles. The van der Waals surface area contributed by atoms with Crippen LogP contribution in [0.1, 0.15) is 22.3 Å². The molecule has 0 saturated heterocycles. The standard InChI is InChI=1S/C18H19NO2S/c1-21-15-7-10-17-14(12-15)4-3-11-19(17)18(20)13-5-8-16(22-2)9-6-13/h5-10,12H,3-4,11H2,1-2H3. The molecule has 0 atom stereocenters. The Morgan fingerprint density at radius 2 is 1.95 bits per heavy atom. The summed E-state index contributed by atoms with van der Waals surface area (Å²) >= 11 is 1.68. The molecule has 0 unspecified atom stereocenters. The molecule has 1 amide bonds. The molecule has 3 nitrogen and oxygen atoms in total. The van der Waals surface area contributed by atoms with Crippen LogP contribution in [0, 0.1) is 0 Å². The van der Waals surface area contributed by atoms with E-state index in [1.165, 1.54) is 10.5 Å². The van der Waals surface area contributed by atoms with Gasteiger partial charge in [-0.15, -0.1) is 11.8 Å². The molecule has 0 spiro atoms. The maximum atomic E-state index is 12.8. The van der Waals surface area contributed by atoms with E-state index in [0.29, 0.717) is 0 Å². The SMILES string of the molecule is COc1ccc2c(c1)CCCN2C(=O)c1ccc(SC)cc1. The van der Waals surface area contributed by atoms with Crippen LogP contribution in [0.25, 0.3) is 0 Å². The third kappa shape index (κ3) is 2.83. The Morgan fingerprint density at radius 3 is 2.64 bits per heavy atom. The minimum atomic E-state index is 0.0683. The number of thioether (sulfide) groups is 1. The Balaban J connectivity index is 1.90. The smallest absolute Gasteiger partial charge is 0.258 e. The lowest BCUT2D eigenvalue weighted by Crippen LogP contribution is -2.35. The van der Waals surface area contributed by atoms with Crippen LogP contribution in [0.3, 0.4) is 0 Å². The number of nitrogens with zero attached hydrogens (tertiary/aromatic N) is 1. The average Bonchev–Trinajstić information content (AvgIpc) is 2.60. The molecular weight excluding hydrogens is 294 g/mol. The maximum Gasteiger partial charge on any atom is 0.258 e.